The SMILES string of the molecule is [Co].[Cr].[Fe].[Mn].[Mo].[Ni].[SiH4].[V]. The number of rotatable bonds is 0. The quantitative estimate of drug-likeness (QED) is 0.389. The molecule has 0 atom stereocenters. The molecule has 0 aliphatic carbocycles. The Labute approximate surface area is 133 Å². The van der Waals surface area contributed by atoms with Crippen LogP contribution in [-0.4, -0.2) is 11.0 Å². The zero-order valence-electron chi connectivity index (χ0n) is 2.64. The van der Waals surface area contributed by atoms with E-state index in [-0.39, 0.29) is 135 Å². The Balaban J connectivity index is 0. The molecule has 0 unspecified atom stereocenters. The molecular weight excluding hydrogens is 455 g/mol. The molecule has 0 aliphatic rings. The van der Waals surface area contributed by atoms with Gasteiger partial charge in [0.25, 0.3) is 0 Å². The van der Waals surface area contributed by atoms with Crippen LogP contribution in [0.2, 0.25) is 0 Å². The van der Waals surface area contributed by atoms with Crippen LogP contribution in [0.25, 0.3) is 0 Å². The Bertz CT molecular complexity index is 24.0. The third-order valence-electron chi connectivity index (χ3n) is 0. The largest absolute Gasteiger partial charge is 0.0149 e. The predicted octanol–water partition coefficient (Wildman–Crippen LogP) is -1.47. The van der Waals surface area contributed by atoms with Gasteiger partial charge in [0.05, 0.1) is 0 Å². The van der Waals surface area contributed by atoms with E-state index in [0.717, 1.165) is 0 Å². The van der Waals surface area contributed by atoms with Gasteiger partial charge >= 0.3 is 0 Å². The van der Waals surface area contributed by atoms with Crippen LogP contribution in [0.4, 0.5) is 0 Å². The first-order chi connectivity index (χ1) is 0. The summed E-state index contributed by atoms with van der Waals surface area (Å²) in [6.45, 7) is 0. The fourth-order valence-corrected chi connectivity index (χ4v) is 0. The summed E-state index contributed by atoms with van der Waals surface area (Å²) in [6, 6.07) is 0. The molecule has 0 aromatic rings. The summed E-state index contributed by atoms with van der Waals surface area (Å²) >= 11 is 0. The van der Waals surface area contributed by atoms with Crippen LogP contribution < -0.4 is 0 Å². The van der Waals surface area contributed by atoms with Gasteiger partial charge in [-0.05, 0) is 11.0 Å². The van der Waals surface area contributed by atoms with Crippen LogP contribution in [0.1, 0.15) is 0 Å². The maximum absolute atomic E-state index is 0. The van der Waals surface area contributed by atoms with Gasteiger partial charge in [-0.15, -0.1) is 0 Å². The molecule has 3 radical (unpaired) electrons. The minimum atomic E-state index is 0. The number of hydrogen-bond donors (Lipinski definition) is 0. The molecule has 0 aromatic carbocycles. The molecule has 0 spiro atoms. The van der Waals surface area contributed by atoms with E-state index >= 15 is 0 Å². The average molecular weight is 459 g/mol. The normalized spacial score (nSPS) is 0. The molecule has 0 aromatic heterocycles. The third kappa shape index (κ3) is 50.1. The molecule has 8 heteroatoms. The van der Waals surface area contributed by atoms with E-state index in [0.29, 0.717) is 0 Å². The van der Waals surface area contributed by atoms with Crippen LogP contribution in [0, 0.1) is 0 Å². The fraction of sp³-hybridized carbons (Fsp3) is 0. The van der Waals surface area contributed by atoms with Crippen molar-refractivity contribution in [2.45, 2.75) is 0 Å². The third-order valence-corrected chi connectivity index (χ3v) is 0. The van der Waals surface area contributed by atoms with Crippen LogP contribution in [0.15, 0.2) is 0 Å². The maximum atomic E-state index is 0. The molecule has 59 valence electrons. The predicted molar refractivity (Wildman–Crippen MR) is 11.3 cm³/mol. The fourth-order valence-electron chi connectivity index (χ4n) is 0. The van der Waals surface area contributed by atoms with Gasteiger partial charge < -0.3 is 0 Å². The molecule has 0 saturated heterocycles. The van der Waals surface area contributed by atoms with E-state index in [9.17, 15) is 0 Å². The Morgan fingerprint density at radius 1 is 1.00 bits per heavy atom. The van der Waals surface area contributed by atoms with Crippen molar-refractivity contribution in [3.63, 3.8) is 0 Å². The van der Waals surface area contributed by atoms with Crippen molar-refractivity contribution in [2.75, 3.05) is 0 Å². The molecule has 0 saturated carbocycles. The zero-order chi connectivity index (χ0) is 0. The van der Waals surface area contributed by atoms with E-state index in [4.69, 9.17) is 0 Å². The monoisotopic (exact) mass is 461 g/mol. The van der Waals surface area contributed by atoms with Crippen LogP contribution >= 0.6 is 0 Å². The molecule has 0 amide bonds. The molecule has 0 rings (SSSR count). The summed E-state index contributed by atoms with van der Waals surface area (Å²) in [5, 5.41) is 0. The summed E-state index contributed by atoms with van der Waals surface area (Å²) in [5.74, 6) is 0. The van der Waals surface area contributed by atoms with Gasteiger partial charge in [0.15, 0.2) is 0 Å². The summed E-state index contributed by atoms with van der Waals surface area (Å²) < 4.78 is 0. The Kier molecular flexibility index (Phi) is 759. The van der Waals surface area contributed by atoms with Gasteiger partial charge in [-0.1, -0.05) is 0 Å². The standard InChI is InChI=1S/Co.Cr.Fe.Mn.Mo.Ni.H4Si.V/h;;;;;;1H4;. The molecule has 0 heterocycles. The minimum Gasteiger partial charge on any atom is -0.0149 e. The second kappa shape index (κ2) is 67.9. The maximum Gasteiger partial charge on any atom is 0 e. The van der Waals surface area contributed by atoms with Crippen LogP contribution in [0.5, 0.6) is 0 Å². The smallest absolute Gasteiger partial charge is 0 e. The Morgan fingerprint density at radius 2 is 1.00 bits per heavy atom. The van der Waals surface area contributed by atoms with Crippen molar-refractivity contribution in [3.8, 4) is 0 Å². The summed E-state index contributed by atoms with van der Waals surface area (Å²) in [4.78, 5) is 0. The zero-order valence-corrected chi connectivity index (χ0v) is 11.6. The Morgan fingerprint density at radius 3 is 1.00 bits per heavy atom. The van der Waals surface area contributed by atoms with E-state index in [2.05, 4.69) is 0 Å². The van der Waals surface area contributed by atoms with Crippen molar-refractivity contribution >= 4 is 11.0 Å². The van der Waals surface area contributed by atoms with Crippen LogP contribution in [0.3, 0.4) is 0 Å². The number of hydrogen-bond acceptors (Lipinski definition) is 0. The first kappa shape index (κ1) is 89.5. The second-order valence-electron chi connectivity index (χ2n) is 0. The van der Waals surface area contributed by atoms with Gasteiger partial charge in [-0.2, -0.15) is 0 Å². The van der Waals surface area contributed by atoms with E-state index in [1.54, 1.807) is 0 Å². The first-order valence-corrected chi connectivity index (χ1v) is 0. The molecule has 0 aliphatic heterocycles. The van der Waals surface area contributed by atoms with E-state index in [1.165, 1.54) is 0 Å². The van der Waals surface area contributed by atoms with Gasteiger partial charge in [0.1, 0.15) is 0 Å². The van der Waals surface area contributed by atoms with Gasteiger partial charge in [-0.3, -0.25) is 0 Å². The van der Waals surface area contributed by atoms with Crippen molar-refractivity contribution in [1.82, 2.24) is 0 Å². The van der Waals surface area contributed by atoms with E-state index in [1.807, 2.05) is 0 Å². The molecule has 0 N–H and O–H groups in total. The molecule has 0 fully saturated rings. The average Bonchev–Trinajstić information content (AvgIpc) is 0. The minimum absolute atomic E-state index is 0. The molecule has 8 heavy (non-hydrogen) atoms. The second-order valence-corrected chi connectivity index (χ2v) is 0. The first-order valence-electron chi connectivity index (χ1n) is 0. The Hall–Kier alpha value is 4.06. The van der Waals surface area contributed by atoms with Crippen molar-refractivity contribution < 1.29 is 124 Å². The van der Waals surface area contributed by atoms with Gasteiger partial charge in [0, 0.05) is 124 Å². The van der Waals surface area contributed by atoms with Crippen molar-refractivity contribution in [1.29, 1.82) is 0 Å². The summed E-state index contributed by atoms with van der Waals surface area (Å²) in [6.07, 6.45) is 0. The molecular formula is H4CoCrFeMnMoNiSiV. The van der Waals surface area contributed by atoms with Gasteiger partial charge in [0.2, 0.25) is 0 Å². The van der Waals surface area contributed by atoms with Crippen molar-refractivity contribution in [2.24, 2.45) is 0 Å². The van der Waals surface area contributed by atoms with E-state index < -0.39 is 0 Å². The van der Waals surface area contributed by atoms with Gasteiger partial charge in [-0.25, -0.2) is 0 Å². The summed E-state index contributed by atoms with van der Waals surface area (Å²) in [7, 11) is 0. The molecule has 0 nitrogen and oxygen atoms in total. The van der Waals surface area contributed by atoms with Crippen LogP contribution in [-0.2, 0) is 124 Å². The molecule has 0 bridgehead atoms. The topological polar surface area (TPSA) is 0 Å². The summed E-state index contributed by atoms with van der Waals surface area (Å²) in [5.41, 5.74) is 0. The van der Waals surface area contributed by atoms with Crippen molar-refractivity contribution in [3.05, 3.63) is 0 Å².